The molecule has 0 atom stereocenters. The molecule has 2 aromatic rings. The van der Waals surface area contributed by atoms with Crippen LogP contribution >= 0.6 is 0 Å². The molecule has 5 heteroatoms. The highest BCUT2D eigenvalue weighted by molar-refractivity contribution is 5.96. The zero-order chi connectivity index (χ0) is 15.8. The van der Waals surface area contributed by atoms with Gasteiger partial charge in [0.25, 0.3) is 0 Å². The molecule has 0 aliphatic carbocycles. The second-order valence-electron chi connectivity index (χ2n) is 4.93. The second kappa shape index (κ2) is 8.02. The average Bonchev–Trinajstić information content (AvgIpc) is 3.05. The van der Waals surface area contributed by atoms with Crippen LogP contribution in [-0.2, 0) is 22.7 Å². The molecule has 2 rings (SSSR count). The highest BCUT2D eigenvalue weighted by atomic mass is 16.3. The highest BCUT2D eigenvalue weighted by Crippen LogP contribution is 2.06. The van der Waals surface area contributed by atoms with Crippen LogP contribution in [0.2, 0.25) is 0 Å². The first-order valence-corrected chi connectivity index (χ1v) is 7.30. The Morgan fingerprint density at radius 1 is 1.14 bits per heavy atom. The van der Waals surface area contributed by atoms with Crippen molar-refractivity contribution in [1.82, 2.24) is 10.2 Å². The summed E-state index contributed by atoms with van der Waals surface area (Å²) in [6.45, 7) is 3.28. The molecule has 0 aliphatic heterocycles. The van der Waals surface area contributed by atoms with E-state index >= 15 is 0 Å². The maximum atomic E-state index is 12.2. The molecule has 0 radical (unpaired) electrons. The quantitative estimate of drug-likeness (QED) is 0.798. The number of amides is 2. The fourth-order valence-corrected chi connectivity index (χ4v) is 2.09. The molecule has 0 bridgehead atoms. The van der Waals surface area contributed by atoms with Crippen molar-refractivity contribution in [3.63, 3.8) is 0 Å². The summed E-state index contributed by atoms with van der Waals surface area (Å²) >= 11 is 0. The van der Waals surface area contributed by atoms with Gasteiger partial charge in [-0.15, -0.1) is 0 Å². The smallest absolute Gasteiger partial charge is 0.232 e. The molecule has 1 aromatic carbocycles. The molecule has 116 valence electrons. The third kappa shape index (κ3) is 4.77. The standard InChI is InChI=1S/C17H20N2O3/c1-2-19(13-14-7-4-3-5-8-14)17(21)11-16(20)18-12-15-9-6-10-22-15/h3-10H,2,11-13H2,1H3,(H,18,20). The van der Waals surface area contributed by atoms with Crippen molar-refractivity contribution in [2.45, 2.75) is 26.4 Å². The van der Waals surface area contributed by atoms with Crippen LogP contribution in [-0.4, -0.2) is 23.3 Å². The van der Waals surface area contributed by atoms with Crippen LogP contribution in [0.1, 0.15) is 24.7 Å². The van der Waals surface area contributed by atoms with E-state index in [-0.39, 0.29) is 18.2 Å². The SMILES string of the molecule is CCN(Cc1ccccc1)C(=O)CC(=O)NCc1ccco1. The minimum absolute atomic E-state index is 0.151. The lowest BCUT2D eigenvalue weighted by molar-refractivity contribution is -0.136. The number of rotatable bonds is 7. The molecule has 22 heavy (non-hydrogen) atoms. The van der Waals surface area contributed by atoms with E-state index in [1.807, 2.05) is 37.3 Å². The Labute approximate surface area is 129 Å². The average molecular weight is 300 g/mol. The Kier molecular flexibility index (Phi) is 5.77. The van der Waals surface area contributed by atoms with Crippen molar-refractivity contribution in [3.05, 3.63) is 60.1 Å². The largest absolute Gasteiger partial charge is 0.467 e. The van der Waals surface area contributed by atoms with Crippen LogP contribution in [0.4, 0.5) is 0 Å². The molecule has 0 saturated carbocycles. The van der Waals surface area contributed by atoms with E-state index in [1.54, 1.807) is 23.3 Å². The van der Waals surface area contributed by atoms with Gasteiger partial charge in [0, 0.05) is 13.1 Å². The molecular formula is C17H20N2O3. The Morgan fingerprint density at radius 2 is 1.91 bits per heavy atom. The summed E-state index contributed by atoms with van der Waals surface area (Å²) in [5, 5.41) is 2.68. The maximum absolute atomic E-state index is 12.2. The van der Waals surface area contributed by atoms with Crippen molar-refractivity contribution >= 4 is 11.8 Å². The van der Waals surface area contributed by atoms with Gasteiger partial charge in [0.15, 0.2) is 0 Å². The number of carbonyl (C=O) groups is 2. The molecular weight excluding hydrogens is 280 g/mol. The van der Waals surface area contributed by atoms with Crippen LogP contribution < -0.4 is 5.32 Å². The van der Waals surface area contributed by atoms with Gasteiger partial charge in [-0.05, 0) is 24.6 Å². The third-order valence-electron chi connectivity index (χ3n) is 3.30. The van der Waals surface area contributed by atoms with E-state index in [1.165, 1.54) is 0 Å². The number of hydrogen-bond donors (Lipinski definition) is 1. The second-order valence-corrected chi connectivity index (χ2v) is 4.93. The van der Waals surface area contributed by atoms with Gasteiger partial charge in [-0.1, -0.05) is 30.3 Å². The Morgan fingerprint density at radius 3 is 2.55 bits per heavy atom. The van der Waals surface area contributed by atoms with Gasteiger partial charge in [-0.25, -0.2) is 0 Å². The summed E-state index contributed by atoms with van der Waals surface area (Å²) in [6, 6.07) is 13.3. The summed E-state index contributed by atoms with van der Waals surface area (Å²) < 4.78 is 5.13. The Bertz CT molecular complexity index is 594. The fraction of sp³-hybridized carbons (Fsp3) is 0.294. The lowest BCUT2D eigenvalue weighted by Gasteiger charge is -2.20. The lowest BCUT2D eigenvalue weighted by Crippen LogP contribution is -2.35. The van der Waals surface area contributed by atoms with Gasteiger partial charge in [0.2, 0.25) is 11.8 Å². The number of nitrogens with one attached hydrogen (secondary N) is 1. The van der Waals surface area contributed by atoms with Crippen molar-refractivity contribution in [2.75, 3.05) is 6.54 Å². The van der Waals surface area contributed by atoms with Gasteiger partial charge in [0.1, 0.15) is 12.2 Å². The fourth-order valence-electron chi connectivity index (χ4n) is 2.09. The van der Waals surface area contributed by atoms with Crippen molar-refractivity contribution in [1.29, 1.82) is 0 Å². The molecule has 0 fully saturated rings. The molecule has 1 aromatic heterocycles. The molecule has 1 heterocycles. The van der Waals surface area contributed by atoms with Crippen LogP contribution in [0.3, 0.4) is 0 Å². The predicted molar refractivity (Wildman–Crippen MR) is 82.7 cm³/mol. The number of nitrogens with zero attached hydrogens (tertiary/aromatic N) is 1. The number of benzene rings is 1. The van der Waals surface area contributed by atoms with E-state index < -0.39 is 0 Å². The lowest BCUT2D eigenvalue weighted by atomic mass is 10.2. The monoisotopic (exact) mass is 300 g/mol. The maximum Gasteiger partial charge on any atom is 0.232 e. The molecule has 1 N–H and O–H groups in total. The van der Waals surface area contributed by atoms with Gasteiger partial charge >= 0.3 is 0 Å². The highest BCUT2D eigenvalue weighted by Gasteiger charge is 2.16. The number of hydrogen-bond acceptors (Lipinski definition) is 3. The van der Waals surface area contributed by atoms with Gasteiger partial charge in [0.05, 0.1) is 12.8 Å². The van der Waals surface area contributed by atoms with E-state index in [0.29, 0.717) is 25.4 Å². The van der Waals surface area contributed by atoms with Crippen molar-refractivity contribution in [3.8, 4) is 0 Å². The third-order valence-corrected chi connectivity index (χ3v) is 3.30. The number of carbonyl (C=O) groups excluding carboxylic acids is 2. The number of furan rings is 1. The van der Waals surface area contributed by atoms with E-state index in [4.69, 9.17) is 4.42 Å². The Hall–Kier alpha value is -2.56. The van der Waals surface area contributed by atoms with Crippen LogP contribution in [0.5, 0.6) is 0 Å². The normalized spacial score (nSPS) is 10.2. The van der Waals surface area contributed by atoms with E-state index in [2.05, 4.69) is 5.32 Å². The summed E-state index contributed by atoms with van der Waals surface area (Å²) in [5.41, 5.74) is 1.05. The van der Waals surface area contributed by atoms with Crippen LogP contribution in [0.15, 0.2) is 53.1 Å². The summed E-state index contributed by atoms with van der Waals surface area (Å²) in [4.78, 5) is 25.7. The zero-order valence-corrected chi connectivity index (χ0v) is 12.6. The van der Waals surface area contributed by atoms with E-state index in [9.17, 15) is 9.59 Å². The zero-order valence-electron chi connectivity index (χ0n) is 12.6. The first-order chi connectivity index (χ1) is 10.7. The summed E-state index contributed by atoms with van der Waals surface area (Å²) in [6.07, 6.45) is 1.40. The molecule has 0 unspecified atom stereocenters. The van der Waals surface area contributed by atoms with Gasteiger partial charge in [-0.2, -0.15) is 0 Å². The van der Waals surface area contributed by atoms with Crippen LogP contribution in [0.25, 0.3) is 0 Å². The van der Waals surface area contributed by atoms with Crippen LogP contribution in [0, 0.1) is 0 Å². The van der Waals surface area contributed by atoms with Crippen molar-refractivity contribution < 1.29 is 14.0 Å². The molecule has 2 amide bonds. The Balaban J connectivity index is 1.82. The molecule has 0 spiro atoms. The minimum Gasteiger partial charge on any atom is -0.467 e. The summed E-state index contributed by atoms with van der Waals surface area (Å²) in [5.74, 6) is 0.189. The van der Waals surface area contributed by atoms with Gasteiger partial charge in [-0.3, -0.25) is 9.59 Å². The first kappa shape index (κ1) is 15.8. The topological polar surface area (TPSA) is 62.6 Å². The first-order valence-electron chi connectivity index (χ1n) is 7.30. The molecule has 0 saturated heterocycles. The van der Waals surface area contributed by atoms with E-state index in [0.717, 1.165) is 5.56 Å². The minimum atomic E-state index is -0.298. The van der Waals surface area contributed by atoms with Gasteiger partial charge < -0.3 is 14.6 Å². The molecule has 5 nitrogen and oxygen atoms in total. The predicted octanol–water partition coefficient (Wildman–Crippen LogP) is 2.33. The molecule has 0 aliphatic rings. The van der Waals surface area contributed by atoms with Crippen molar-refractivity contribution in [2.24, 2.45) is 0 Å². The summed E-state index contributed by atoms with van der Waals surface area (Å²) in [7, 11) is 0.